The number of benzene rings is 1. The molecule has 1 atom stereocenters. The molecule has 1 N–H and O–H groups in total. The lowest BCUT2D eigenvalue weighted by molar-refractivity contribution is 0.122. The van der Waals surface area contributed by atoms with Crippen molar-refractivity contribution in [1.29, 1.82) is 0 Å². The summed E-state index contributed by atoms with van der Waals surface area (Å²) >= 11 is 1.42. The van der Waals surface area contributed by atoms with Crippen molar-refractivity contribution in [3.05, 3.63) is 47.0 Å². The van der Waals surface area contributed by atoms with Crippen LogP contribution in [0.3, 0.4) is 0 Å². The summed E-state index contributed by atoms with van der Waals surface area (Å²) in [5.41, 5.74) is 1.36. The number of nitrogens with one attached hydrogen (secondary N) is 1. The van der Waals surface area contributed by atoms with E-state index >= 15 is 0 Å². The first-order chi connectivity index (χ1) is 10.5. The summed E-state index contributed by atoms with van der Waals surface area (Å²) in [4.78, 5) is 17.6. The van der Waals surface area contributed by atoms with Crippen molar-refractivity contribution >= 4 is 28.1 Å². The number of ether oxygens (including phenoxy) is 1. The number of aryl methyl sites for hydroxylation is 1. The van der Waals surface area contributed by atoms with Gasteiger partial charge in [0.05, 0.1) is 10.6 Å². The molecule has 0 radical (unpaired) electrons. The lowest BCUT2D eigenvalue weighted by atomic mass is 10.3. The standard InChI is InChI=1S/C14H13FN4O2S/c1-8-12(22-13-16-7-17-19(8)13)9(2)21-14(20)18-11-5-3-10(15)4-6-11/h3-7,9H,1-2H3,(H,18,20)/t9-/m0/s1. The van der Waals surface area contributed by atoms with E-state index in [0.29, 0.717) is 5.69 Å². The summed E-state index contributed by atoms with van der Waals surface area (Å²) in [6.07, 6.45) is 0.446. The number of hydrogen-bond donors (Lipinski definition) is 1. The highest BCUT2D eigenvalue weighted by atomic mass is 32.1. The third-order valence-electron chi connectivity index (χ3n) is 3.14. The second-order valence-electron chi connectivity index (χ2n) is 4.69. The fraction of sp³-hybridized carbons (Fsp3) is 0.214. The van der Waals surface area contributed by atoms with Crippen LogP contribution in [-0.2, 0) is 4.74 Å². The van der Waals surface area contributed by atoms with E-state index in [2.05, 4.69) is 15.4 Å². The van der Waals surface area contributed by atoms with Crippen LogP contribution in [0.15, 0.2) is 30.6 Å². The van der Waals surface area contributed by atoms with Crippen molar-refractivity contribution in [3.63, 3.8) is 0 Å². The van der Waals surface area contributed by atoms with Crippen molar-refractivity contribution in [1.82, 2.24) is 14.6 Å². The predicted molar refractivity (Wildman–Crippen MR) is 80.5 cm³/mol. The normalized spacial score (nSPS) is 12.3. The highest BCUT2D eigenvalue weighted by Gasteiger charge is 2.19. The van der Waals surface area contributed by atoms with Crippen molar-refractivity contribution < 1.29 is 13.9 Å². The van der Waals surface area contributed by atoms with Gasteiger partial charge < -0.3 is 4.74 Å². The Morgan fingerprint density at radius 1 is 1.41 bits per heavy atom. The summed E-state index contributed by atoms with van der Waals surface area (Å²) in [5, 5.41) is 6.66. The molecule has 0 bridgehead atoms. The van der Waals surface area contributed by atoms with Gasteiger partial charge in [0.15, 0.2) is 0 Å². The van der Waals surface area contributed by atoms with E-state index in [-0.39, 0.29) is 5.82 Å². The summed E-state index contributed by atoms with van der Waals surface area (Å²) in [5.74, 6) is -0.364. The first kappa shape index (κ1) is 14.5. The number of carbonyl (C=O) groups is 1. The molecule has 0 aliphatic heterocycles. The molecule has 22 heavy (non-hydrogen) atoms. The Balaban J connectivity index is 1.69. The Labute approximate surface area is 129 Å². The highest BCUT2D eigenvalue weighted by molar-refractivity contribution is 7.17. The average molecular weight is 320 g/mol. The van der Waals surface area contributed by atoms with Crippen LogP contribution in [0.4, 0.5) is 14.9 Å². The Hall–Kier alpha value is -2.48. The lowest BCUT2D eigenvalue weighted by Crippen LogP contribution is -2.16. The van der Waals surface area contributed by atoms with E-state index in [1.54, 1.807) is 11.4 Å². The van der Waals surface area contributed by atoms with Crippen molar-refractivity contribution in [2.45, 2.75) is 20.0 Å². The maximum absolute atomic E-state index is 12.8. The smallest absolute Gasteiger partial charge is 0.412 e. The molecule has 6 nitrogen and oxygen atoms in total. The number of hydrogen-bond acceptors (Lipinski definition) is 5. The van der Waals surface area contributed by atoms with Gasteiger partial charge in [0, 0.05) is 5.69 Å². The molecule has 1 aromatic carbocycles. The van der Waals surface area contributed by atoms with Crippen molar-refractivity contribution in [2.24, 2.45) is 0 Å². The highest BCUT2D eigenvalue weighted by Crippen LogP contribution is 2.29. The zero-order chi connectivity index (χ0) is 15.7. The van der Waals surface area contributed by atoms with E-state index in [0.717, 1.165) is 15.5 Å². The summed E-state index contributed by atoms with van der Waals surface area (Å²) in [6, 6.07) is 5.47. The number of thiazole rings is 1. The van der Waals surface area contributed by atoms with Gasteiger partial charge in [-0.1, -0.05) is 11.3 Å². The Morgan fingerprint density at radius 2 is 2.14 bits per heavy atom. The molecule has 0 fully saturated rings. The first-order valence-corrected chi connectivity index (χ1v) is 7.38. The topological polar surface area (TPSA) is 68.5 Å². The zero-order valence-electron chi connectivity index (χ0n) is 11.9. The van der Waals surface area contributed by atoms with E-state index in [4.69, 9.17) is 4.74 Å². The Bertz CT molecular complexity index is 812. The molecule has 0 saturated heterocycles. The number of fused-ring (bicyclic) bond motifs is 1. The molecule has 0 aliphatic rings. The van der Waals surface area contributed by atoms with Crippen LogP contribution < -0.4 is 5.32 Å². The van der Waals surface area contributed by atoms with Gasteiger partial charge in [0.1, 0.15) is 18.2 Å². The minimum Gasteiger partial charge on any atom is -0.440 e. The SMILES string of the molecule is Cc1c([C@H](C)OC(=O)Nc2ccc(F)cc2)sc2ncnn12. The summed E-state index contributed by atoms with van der Waals surface area (Å²) < 4.78 is 19.9. The molecule has 3 aromatic rings. The van der Waals surface area contributed by atoms with Gasteiger partial charge in [0.2, 0.25) is 4.96 Å². The second kappa shape index (κ2) is 5.72. The molecule has 0 spiro atoms. The second-order valence-corrected chi connectivity index (χ2v) is 5.69. The molecule has 114 valence electrons. The zero-order valence-corrected chi connectivity index (χ0v) is 12.7. The first-order valence-electron chi connectivity index (χ1n) is 6.57. The number of anilines is 1. The minimum absolute atomic E-state index is 0.364. The molecule has 0 unspecified atom stereocenters. The lowest BCUT2D eigenvalue weighted by Gasteiger charge is -2.13. The maximum Gasteiger partial charge on any atom is 0.412 e. The number of rotatable bonds is 3. The third kappa shape index (κ3) is 2.77. The van der Waals surface area contributed by atoms with Gasteiger partial charge in [-0.05, 0) is 38.1 Å². The van der Waals surface area contributed by atoms with Crippen molar-refractivity contribution in [3.8, 4) is 0 Å². The molecule has 0 aliphatic carbocycles. The number of halogens is 1. The quantitative estimate of drug-likeness (QED) is 0.801. The molecule has 0 saturated carbocycles. The molecule has 2 aromatic heterocycles. The van der Waals surface area contributed by atoms with Crippen LogP contribution in [0.5, 0.6) is 0 Å². The van der Waals surface area contributed by atoms with Gasteiger partial charge in [-0.15, -0.1) is 0 Å². The Morgan fingerprint density at radius 3 is 2.82 bits per heavy atom. The Kier molecular flexibility index (Phi) is 3.76. The molecular weight excluding hydrogens is 307 g/mol. The van der Waals surface area contributed by atoms with Gasteiger partial charge >= 0.3 is 6.09 Å². The van der Waals surface area contributed by atoms with Gasteiger partial charge in [0.25, 0.3) is 0 Å². The average Bonchev–Trinajstić information content (AvgIpc) is 3.05. The molecular formula is C14H13FN4O2S. The fourth-order valence-electron chi connectivity index (χ4n) is 2.08. The molecule has 2 heterocycles. The van der Waals surface area contributed by atoms with E-state index in [1.165, 1.54) is 41.9 Å². The third-order valence-corrected chi connectivity index (χ3v) is 4.44. The van der Waals surface area contributed by atoms with Crippen molar-refractivity contribution in [2.75, 3.05) is 5.32 Å². The van der Waals surface area contributed by atoms with Crippen LogP contribution in [0.25, 0.3) is 4.96 Å². The van der Waals surface area contributed by atoms with Crippen LogP contribution in [0.2, 0.25) is 0 Å². The number of carbonyl (C=O) groups excluding carboxylic acids is 1. The fourth-order valence-corrected chi connectivity index (χ4v) is 3.09. The summed E-state index contributed by atoms with van der Waals surface area (Å²) in [6.45, 7) is 3.67. The van der Waals surface area contributed by atoms with Gasteiger partial charge in [-0.3, -0.25) is 5.32 Å². The largest absolute Gasteiger partial charge is 0.440 e. The van der Waals surface area contributed by atoms with Crippen LogP contribution in [-0.4, -0.2) is 20.7 Å². The molecule has 8 heteroatoms. The van der Waals surface area contributed by atoms with E-state index < -0.39 is 12.2 Å². The van der Waals surface area contributed by atoms with Gasteiger partial charge in [-0.2, -0.15) is 5.10 Å². The predicted octanol–water partition coefficient (Wildman–Crippen LogP) is 3.55. The van der Waals surface area contributed by atoms with E-state index in [1.807, 2.05) is 6.92 Å². The van der Waals surface area contributed by atoms with E-state index in [9.17, 15) is 9.18 Å². The van der Waals surface area contributed by atoms with Crippen LogP contribution >= 0.6 is 11.3 Å². The van der Waals surface area contributed by atoms with Crippen LogP contribution in [0.1, 0.15) is 23.6 Å². The monoisotopic (exact) mass is 320 g/mol. The van der Waals surface area contributed by atoms with Crippen LogP contribution in [0, 0.1) is 12.7 Å². The summed E-state index contributed by atoms with van der Waals surface area (Å²) in [7, 11) is 0. The minimum atomic E-state index is -0.600. The molecule has 3 rings (SSSR count). The maximum atomic E-state index is 12.8. The number of amides is 1. The van der Waals surface area contributed by atoms with Gasteiger partial charge in [-0.25, -0.2) is 18.7 Å². The molecule has 1 amide bonds. The number of nitrogens with zero attached hydrogens (tertiary/aromatic N) is 3. The number of aromatic nitrogens is 3.